The minimum absolute atomic E-state index is 0.309. The van der Waals surface area contributed by atoms with E-state index in [4.69, 9.17) is 9.47 Å². The van der Waals surface area contributed by atoms with Crippen LogP contribution >= 0.6 is 0 Å². The first-order valence-electron chi connectivity index (χ1n) is 11.2. The Morgan fingerprint density at radius 2 is 0.933 bits per heavy atom. The highest BCUT2D eigenvalue weighted by Crippen LogP contribution is 2.33. The van der Waals surface area contributed by atoms with Crippen molar-refractivity contribution < 1.29 is 19.1 Å². The maximum Gasteiger partial charge on any atom is 0.415 e. The minimum Gasteiger partial charge on any atom is -0.410 e. The van der Waals surface area contributed by atoms with Gasteiger partial charge in [0.25, 0.3) is 0 Å². The van der Waals surface area contributed by atoms with Crippen LogP contribution in [0, 0.1) is 0 Å². The lowest BCUT2D eigenvalue weighted by Crippen LogP contribution is -2.34. The van der Waals surface area contributed by atoms with E-state index in [-0.39, 0.29) is 12.2 Å². The summed E-state index contributed by atoms with van der Waals surface area (Å²) in [6, 6.07) is 11.0. The van der Waals surface area contributed by atoms with Crippen molar-refractivity contribution in [3.63, 3.8) is 0 Å². The number of fused-ring (bicyclic) bond motifs is 1. The highest BCUT2D eigenvalue weighted by Gasteiger charge is 2.21. The Kier molecular flexibility index (Phi) is 6.72. The molecular weight excluding hydrogens is 380 g/mol. The fourth-order valence-corrected chi connectivity index (χ4v) is 4.25. The topological polar surface area (TPSA) is 59.1 Å². The van der Waals surface area contributed by atoms with Gasteiger partial charge in [0.05, 0.1) is 0 Å². The summed E-state index contributed by atoms with van der Waals surface area (Å²) in [5.74, 6) is 0.990. The van der Waals surface area contributed by atoms with Crippen LogP contribution in [-0.2, 0) is 0 Å². The Labute approximate surface area is 177 Å². The van der Waals surface area contributed by atoms with Crippen LogP contribution in [0.2, 0.25) is 0 Å². The minimum atomic E-state index is -0.309. The molecule has 0 spiro atoms. The molecule has 2 heterocycles. The van der Waals surface area contributed by atoms with Gasteiger partial charge in [-0.15, -0.1) is 0 Å². The quantitative estimate of drug-likeness (QED) is 0.648. The molecule has 0 atom stereocenters. The standard InChI is InChI=1S/C24H30N2O4/c27-23(25-15-5-1-2-6-16-25)29-21-13-9-12-20-19(21)11-10-14-22(20)30-24(28)26-17-7-3-4-8-18-26/h9-14H,1-8,15-18H2. The number of hydrogen-bond acceptors (Lipinski definition) is 4. The van der Waals surface area contributed by atoms with Crippen LogP contribution in [-0.4, -0.2) is 48.2 Å². The Morgan fingerprint density at radius 1 is 0.567 bits per heavy atom. The predicted octanol–water partition coefficient (Wildman–Crippen LogP) is 5.59. The summed E-state index contributed by atoms with van der Waals surface area (Å²) in [7, 11) is 0. The fourth-order valence-electron chi connectivity index (χ4n) is 4.25. The summed E-state index contributed by atoms with van der Waals surface area (Å²) in [6.45, 7) is 2.95. The summed E-state index contributed by atoms with van der Waals surface area (Å²) >= 11 is 0. The van der Waals surface area contributed by atoms with Crippen LogP contribution in [0.25, 0.3) is 10.8 Å². The monoisotopic (exact) mass is 410 g/mol. The number of rotatable bonds is 2. The second kappa shape index (κ2) is 9.83. The number of ether oxygens (including phenoxy) is 2. The molecular formula is C24H30N2O4. The van der Waals surface area contributed by atoms with E-state index in [1.54, 1.807) is 21.9 Å². The molecule has 6 nitrogen and oxygen atoms in total. The zero-order valence-electron chi connectivity index (χ0n) is 17.5. The number of nitrogens with zero attached hydrogens (tertiary/aromatic N) is 2. The van der Waals surface area contributed by atoms with Crippen LogP contribution in [0.1, 0.15) is 51.4 Å². The van der Waals surface area contributed by atoms with E-state index >= 15 is 0 Å². The van der Waals surface area contributed by atoms with Gasteiger partial charge in [-0.1, -0.05) is 49.9 Å². The van der Waals surface area contributed by atoms with Gasteiger partial charge in [0.2, 0.25) is 0 Å². The van der Waals surface area contributed by atoms with E-state index in [1.165, 1.54) is 0 Å². The van der Waals surface area contributed by atoms with Crippen molar-refractivity contribution in [3.05, 3.63) is 36.4 Å². The SMILES string of the molecule is O=C(Oc1cccc2c(OC(=O)N3CCCCCC3)cccc12)N1CCCCCC1. The summed E-state index contributed by atoms with van der Waals surface area (Å²) in [5, 5.41) is 1.53. The van der Waals surface area contributed by atoms with Crippen LogP contribution < -0.4 is 9.47 Å². The molecule has 4 rings (SSSR count). The first-order chi connectivity index (χ1) is 14.7. The number of carbonyl (C=O) groups is 2. The largest absolute Gasteiger partial charge is 0.415 e. The Hall–Kier alpha value is -2.76. The smallest absolute Gasteiger partial charge is 0.410 e. The number of likely N-dealkylation sites (tertiary alicyclic amines) is 2. The fraction of sp³-hybridized carbons (Fsp3) is 0.500. The lowest BCUT2D eigenvalue weighted by molar-refractivity contribution is 0.153. The van der Waals surface area contributed by atoms with Crippen molar-refractivity contribution >= 4 is 23.0 Å². The third-order valence-corrected chi connectivity index (χ3v) is 5.97. The van der Waals surface area contributed by atoms with Gasteiger partial charge in [-0.2, -0.15) is 0 Å². The number of benzene rings is 2. The molecule has 0 N–H and O–H groups in total. The maximum atomic E-state index is 12.7. The summed E-state index contributed by atoms with van der Waals surface area (Å²) < 4.78 is 11.5. The van der Waals surface area contributed by atoms with Crippen LogP contribution in [0.15, 0.2) is 36.4 Å². The first-order valence-corrected chi connectivity index (χ1v) is 11.2. The first kappa shape index (κ1) is 20.5. The van der Waals surface area contributed by atoms with E-state index in [2.05, 4.69) is 0 Å². The summed E-state index contributed by atoms with van der Waals surface area (Å²) in [4.78, 5) is 28.9. The van der Waals surface area contributed by atoms with Gasteiger partial charge >= 0.3 is 12.2 Å². The van der Waals surface area contributed by atoms with Crippen molar-refractivity contribution in [2.24, 2.45) is 0 Å². The van der Waals surface area contributed by atoms with Crippen LogP contribution in [0.3, 0.4) is 0 Å². The molecule has 2 aromatic rings. The average Bonchev–Trinajstić information content (AvgIpc) is 3.20. The molecule has 0 aromatic heterocycles. The normalized spacial score (nSPS) is 17.9. The lowest BCUT2D eigenvalue weighted by Gasteiger charge is -2.21. The third-order valence-electron chi connectivity index (χ3n) is 5.97. The van der Waals surface area contributed by atoms with E-state index in [0.717, 1.165) is 88.3 Å². The molecule has 6 heteroatoms. The van der Waals surface area contributed by atoms with Crippen molar-refractivity contribution in [2.75, 3.05) is 26.2 Å². The van der Waals surface area contributed by atoms with Gasteiger partial charge in [0.1, 0.15) is 11.5 Å². The van der Waals surface area contributed by atoms with Gasteiger partial charge < -0.3 is 19.3 Å². The molecule has 0 bridgehead atoms. The lowest BCUT2D eigenvalue weighted by atomic mass is 10.1. The van der Waals surface area contributed by atoms with Crippen molar-refractivity contribution in [2.45, 2.75) is 51.4 Å². The molecule has 2 fully saturated rings. The molecule has 0 unspecified atom stereocenters. The molecule has 0 saturated carbocycles. The Morgan fingerprint density at radius 3 is 1.30 bits per heavy atom. The molecule has 2 saturated heterocycles. The van der Waals surface area contributed by atoms with Crippen molar-refractivity contribution in [3.8, 4) is 11.5 Å². The third kappa shape index (κ3) is 4.86. The van der Waals surface area contributed by atoms with E-state index in [1.807, 2.05) is 24.3 Å². The van der Waals surface area contributed by atoms with Gasteiger partial charge in [-0.25, -0.2) is 9.59 Å². The van der Waals surface area contributed by atoms with E-state index < -0.39 is 0 Å². The maximum absolute atomic E-state index is 12.7. The molecule has 0 aliphatic carbocycles. The van der Waals surface area contributed by atoms with Gasteiger partial charge in [0.15, 0.2) is 0 Å². The highest BCUT2D eigenvalue weighted by molar-refractivity contribution is 5.95. The van der Waals surface area contributed by atoms with Gasteiger partial charge in [-0.05, 0) is 37.8 Å². The van der Waals surface area contributed by atoms with Crippen LogP contribution in [0.4, 0.5) is 9.59 Å². The number of amides is 2. The summed E-state index contributed by atoms with van der Waals surface area (Å²) in [6.07, 6.45) is 8.07. The Bertz CT molecular complexity index is 809. The molecule has 0 radical (unpaired) electrons. The second-order valence-electron chi connectivity index (χ2n) is 8.15. The number of carbonyl (C=O) groups excluding carboxylic acids is 2. The average molecular weight is 411 g/mol. The van der Waals surface area contributed by atoms with E-state index in [9.17, 15) is 9.59 Å². The highest BCUT2D eigenvalue weighted by atomic mass is 16.6. The molecule has 160 valence electrons. The Balaban J connectivity index is 1.52. The van der Waals surface area contributed by atoms with Gasteiger partial charge in [0, 0.05) is 37.0 Å². The predicted molar refractivity (Wildman–Crippen MR) is 116 cm³/mol. The van der Waals surface area contributed by atoms with Gasteiger partial charge in [-0.3, -0.25) is 0 Å². The van der Waals surface area contributed by atoms with Crippen molar-refractivity contribution in [1.82, 2.24) is 9.80 Å². The molecule has 2 aliphatic rings. The zero-order chi connectivity index (χ0) is 20.8. The zero-order valence-corrected chi connectivity index (χ0v) is 17.5. The van der Waals surface area contributed by atoms with Crippen molar-refractivity contribution in [1.29, 1.82) is 0 Å². The van der Waals surface area contributed by atoms with E-state index in [0.29, 0.717) is 11.5 Å². The number of hydrogen-bond donors (Lipinski definition) is 0. The molecule has 2 amide bonds. The summed E-state index contributed by atoms with van der Waals surface area (Å²) in [5.41, 5.74) is 0. The molecule has 30 heavy (non-hydrogen) atoms. The molecule has 2 aliphatic heterocycles. The molecule has 2 aromatic carbocycles. The second-order valence-corrected chi connectivity index (χ2v) is 8.15. The van der Waals surface area contributed by atoms with Crippen LogP contribution in [0.5, 0.6) is 11.5 Å².